The summed E-state index contributed by atoms with van der Waals surface area (Å²) in [5.74, 6) is -0.563. The summed E-state index contributed by atoms with van der Waals surface area (Å²) in [6, 6.07) is 0. The first kappa shape index (κ1) is 11.0. The Morgan fingerprint density at radius 1 is 1.64 bits per heavy atom. The maximum atomic E-state index is 11.5. The number of hydrogen-bond acceptors (Lipinski definition) is 4. The fourth-order valence-corrected chi connectivity index (χ4v) is 1.51. The predicted octanol–water partition coefficient (Wildman–Crippen LogP) is -0.155. The number of esters is 1. The van der Waals surface area contributed by atoms with Crippen LogP contribution in [0.2, 0.25) is 0 Å². The molecule has 1 amide bonds. The Bertz CT molecular complexity index is 241. The Balaban J connectivity index is 2.69. The van der Waals surface area contributed by atoms with Crippen LogP contribution in [0.4, 0.5) is 0 Å². The molecule has 0 spiro atoms. The van der Waals surface area contributed by atoms with E-state index in [1.165, 1.54) is 7.11 Å². The summed E-state index contributed by atoms with van der Waals surface area (Å²) in [7, 11) is 1.31. The van der Waals surface area contributed by atoms with Crippen LogP contribution in [-0.4, -0.2) is 37.7 Å². The average molecular weight is 201 g/mol. The predicted molar refractivity (Wildman–Crippen MR) is 48.6 cm³/mol. The highest BCUT2D eigenvalue weighted by molar-refractivity contribution is 5.91. The van der Waals surface area contributed by atoms with Crippen molar-refractivity contribution in [3.05, 3.63) is 0 Å². The number of rotatable bonds is 4. The summed E-state index contributed by atoms with van der Waals surface area (Å²) in [5, 5.41) is 2.61. The summed E-state index contributed by atoms with van der Waals surface area (Å²) in [6.07, 6.45) is 0.792. The topological polar surface area (TPSA) is 64.6 Å². The van der Waals surface area contributed by atoms with Crippen molar-refractivity contribution in [1.82, 2.24) is 5.32 Å². The SMILES string of the molecule is CCOCC1(C(=O)OC)CCC(=O)N1. The lowest BCUT2D eigenvalue weighted by Gasteiger charge is -2.25. The van der Waals surface area contributed by atoms with Gasteiger partial charge in [-0.05, 0) is 13.3 Å². The molecule has 0 aliphatic carbocycles. The highest BCUT2D eigenvalue weighted by Crippen LogP contribution is 2.22. The van der Waals surface area contributed by atoms with Gasteiger partial charge in [-0.15, -0.1) is 0 Å². The summed E-state index contributed by atoms with van der Waals surface area (Å²) in [5.41, 5.74) is -0.957. The number of amides is 1. The van der Waals surface area contributed by atoms with Crippen LogP contribution in [0.25, 0.3) is 0 Å². The van der Waals surface area contributed by atoms with E-state index in [0.717, 1.165) is 0 Å². The van der Waals surface area contributed by atoms with Crippen LogP contribution >= 0.6 is 0 Å². The fraction of sp³-hybridized carbons (Fsp3) is 0.778. The zero-order valence-corrected chi connectivity index (χ0v) is 8.46. The minimum Gasteiger partial charge on any atom is -0.467 e. The third kappa shape index (κ3) is 2.04. The second-order valence-electron chi connectivity index (χ2n) is 3.26. The minimum atomic E-state index is -0.957. The Kier molecular flexibility index (Phi) is 3.46. The molecule has 5 heteroatoms. The number of carbonyl (C=O) groups excluding carboxylic acids is 2. The summed E-state index contributed by atoms with van der Waals surface area (Å²) >= 11 is 0. The van der Waals surface area contributed by atoms with E-state index in [4.69, 9.17) is 4.74 Å². The van der Waals surface area contributed by atoms with Gasteiger partial charge in [-0.1, -0.05) is 0 Å². The van der Waals surface area contributed by atoms with Crippen molar-refractivity contribution in [2.75, 3.05) is 20.3 Å². The van der Waals surface area contributed by atoms with Crippen molar-refractivity contribution in [1.29, 1.82) is 0 Å². The smallest absolute Gasteiger partial charge is 0.334 e. The van der Waals surface area contributed by atoms with E-state index < -0.39 is 11.5 Å². The quantitative estimate of drug-likeness (QED) is 0.642. The Labute approximate surface area is 82.8 Å². The van der Waals surface area contributed by atoms with Gasteiger partial charge in [0.1, 0.15) is 0 Å². The molecule has 1 unspecified atom stereocenters. The number of hydrogen-bond donors (Lipinski definition) is 1. The van der Waals surface area contributed by atoms with Crippen molar-refractivity contribution in [2.45, 2.75) is 25.3 Å². The van der Waals surface area contributed by atoms with Gasteiger partial charge in [0, 0.05) is 13.0 Å². The van der Waals surface area contributed by atoms with Crippen molar-refractivity contribution < 1.29 is 19.1 Å². The van der Waals surface area contributed by atoms with E-state index in [9.17, 15) is 9.59 Å². The molecule has 80 valence electrons. The van der Waals surface area contributed by atoms with Crippen LogP contribution in [0.5, 0.6) is 0 Å². The third-order valence-electron chi connectivity index (χ3n) is 2.29. The van der Waals surface area contributed by atoms with Crippen LogP contribution in [0.1, 0.15) is 19.8 Å². The molecule has 1 saturated heterocycles. The molecule has 1 aliphatic rings. The van der Waals surface area contributed by atoms with Gasteiger partial charge in [-0.2, -0.15) is 0 Å². The lowest BCUT2D eigenvalue weighted by Crippen LogP contribution is -2.53. The van der Waals surface area contributed by atoms with Crippen molar-refractivity contribution in [3.63, 3.8) is 0 Å². The number of ether oxygens (including phenoxy) is 2. The first-order chi connectivity index (χ1) is 6.64. The van der Waals surface area contributed by atoms with Gasteiger partial charge < -0.3 is 14.8 Å². The van der Waals surface area contributed by atoms with Crippen molar-refractivity contribution in [2.24, 2.45) is 0 Å². The van der Waals surface area contributed by atoms with Crippen LogP contribution in [0, 0.1) is 0 Å². The molecule has 1 atom stereocenters. The maximum absolute atomic E-state index is 11.5. The van der Waals surface area contributed by atoms with E-state index in [0.29, 0.717) is 19.4 Å². The standard InChI is InChI=1S/C9H15NO4/c1-3-14-6-9(8(12)13-2)5-4-7(11)10-9/h3-6H2,1-2H3,(H,10,11). The van der Waals surface area contributed by atoms with Gasteiger partial charge >= 0.3 is 5.97 Å². The molecule has 14 heavy (non-hydrogen) atoms. The lowest BCUT2D eigenvalue weighted by atomic mass is 9.99. The zero-order valence-electron chi connectivity index (χ0n) is 8.46. The molecule has 1 aliphatic heterocycles. The molecule has 0 aromatic rings. The van der Waals surface area contributed by atoms with Gasteiger partial charge in [-0.25, -0.2) is 4.79 Å². The van der Waals surface area contributed by atoms with Crippen LogP contribution in [-0.2, 0) is 19.1 Å². The molecule has 0 aromatic carbocycles. The molecule has 1 heterocycles. The molecule has 0 saturated carbocycles. The van der Waals surface area contributed by atoms with Gasteiger partial charge in [0.05, 0.1) is 13.7 Å². The van der Waals surface area contributed by atoms with E-state index >= 15 is 0 Å². The van der Waals surface area contributed by atoms with E-state index in [1.54, 1.807) is 0 Å². The maximum Gasteiger partial charge on any atom is 0.334 e. The molecular formula is C9H15NO4. The van der Waals surface area contributed by atoms with Gasteiger partial charge in [-0.3, -0.25) is 4.79 Å². The molecule has 0 bridgehead atoms. The van der Waals surface area contributed by atoms with E-state index in [1.807, 2.05) is 6.92 Å². The van der Waals surface area contributed by atoms with Crippen molar-refractivity contribution in [3.8, 4) is 0 Å². The average Bonchev–Trinajstić information content (AvgIpc) is 2.57. The monoisotopic (exact) mass is 201 g/mol. The number of nitrogens with one attached hydrogen (secondary N) is 1. The fourth-order valence-electron chi connectivity index (χ4n) is 1.51. The van der Waals surface area contributed by atoms with E-state index in [-0.39, 0.29) is 12.5 Å². The highest BCUT2D eigenvalue weighted by Gasteiger charge is 2.45. The van der Waals surface area contributed by atoms with Gasteiger partial charge in [0.15, 0.2) is 5.54 Å². The van der Waals surface area contributed by atoms with Crippen molar-refractivity contribution >= 4 is 11.9 Å². The summed E-state index contributed by atoms with van der Waals surface area (Å²) < 4.78 is 9.83. The summed E-state index contributed by atoms with van der Waals surface area (Å²) in [6.45, 7) is 2.53. The molecule has 5 nitrogen and oxygen atoms in total. The molecule has 1 N–H and O–H groups in total. The largest absolute Gasteiger partial charge is 0.467 e. The first-order valence-corrected chi connectivity index (χ1v) is 4.62. The summed E-state index contributed by atoms with van der Waals surface area (Å²) in [4.78, 5) is 22.5. The van der Waals surface area contributed by atoms with Gasteiger partial charge in [0.2, 0.25) is 5.91 Å². The number of methoxy groups -OCH3 is 1. The Hall–Kier alpha value is -1.10. The molecule has 1 rings (SSSR count). The normalized spacial score (nSPS) is 26.0. The zero-order chi connectivity index (χ0) is 10.6. The Morgan fingerprint density at radius 2 is 2.36 bits per heavy atom. The van der Waals surface area contributed by atoms with Crippen LogP contribution < -0.4 is 5.32 Å². The third-order valence-corrected chi connectivity index (χ3v) is 2.29. The lowest BCUT2D eigenvalue weighted by molar-refractivity contribution is -0.151. The second kappa shape index (κ2) is 4.41. The minimum absolute atomic E-state index is 0.130. The molecule has 1 fully saturated rings. The van der Waals surface area contributed by atoms with Crippen LogP contribution in [0.15, 0.2) is 0 Å². The molecule has 0 aromatic heterocycles. The van der Waals surface area contributed by atoms with Gasteiger partial charge in [0.25, 0.3) is 0 Å². The highest BCUT2D eigenvalue weighted by atomic mass is 16.5. The second-order valence-corrected chi connectivity index (χ2v) is 3.26. The number of carbonyl (C=O) groups is 2. The first-order valence-electron chi connectivity index (χ1n) is 4.62. The van der Waals surface area contributed by atoms with E-state index in [2.05, 4.69) is 10.1 Å². The molecule has 0 radical (unpaired) electrons. The molecular weight excluding hydrogens is 186 g/mol. The van der Waals surface area contributed by atoms with Crippen LogP contribution in [0.3, 0.4) is 0 Å². The Morgan fingerprint density at radius 3 is 2.79 bits per heavy atom.